The summed E-state index contributed by atoms with van der Waals surface area (Å²) in [5, 5.41) is 16.2. The maximum atomic E-state index is 13.4. The Labute approximate surface area is 126 Å². The number of nitrogens with one attached hydrogen (secondary N) is 1. The maximum absolute atomic E-state index is 13.4. The van der Waals surface area contributed by atoms with Crippen LogP contribution in [0, 0.1) is 11.3 Å². The van der Waals surface area contributed by atoms with E-state index in [1.54, 1.807) is 19.2 Å². The van der Waals surface area contributed by atoms with Crippen molar-refractivity contribution in [1.29, 1.82) is 5.26 Å². The molecule has 0 radical (unpaired) electrons. The zero-order valence-corrected chi connectivity index (χ0v) is 11.8. The van der Waals surface area contributed by atoms with Crippen molar-refractivity contribution in [1.82, 2.24) is 9.78 Å². The third-order valence-electron chi connectivity index (χ3n) is 3.81. The molecule has 1 aliphatic rings. The van der Waals surface area contributed by atoms with Gasteiger partial charge < -0.3 is 10.1 Å². The van der Waals surface area contributed by atoms with E-state index in [9.17, 15) is 8.78 Å². The van der Waals surface area contributed by atoms with Gasteiger partial charge in [0.2, 0.25) is 0 Å². The summed E-state index contributed by atoms with van der Waals surface area (Å²) in [6.07, 6.45) is -1.06. The molecular formula is C15H14F2N4O. The van der Waals surface area contributed by atoms with Gasteiger partial charge in [-0.3, -0.25) is 0 Å². The summed E-state index contributed by atoms with van der Waals surface area (Å²) < 4.78 is 33.1. The van der Waals surface area contributed by atoms with Crippen LogP contribution in [0.2, 0.25) is 0 Å². The smallest absolute Gasteiger partial charge is 0.260 e. The van der Waals surface area contributed by atoms with E-state index in [4.69, 9.17) is 10.00 Å². The molecule has 2 atom stereocenters. The second kappa shape index (κ2) is 5.64. The first kappa shape index (κ1) is 14.3. The van der Waals surface area contributed by atoms with Crippen LogP contribution in [0.3, 0.4) is 0 Å². The average Bonchev–Trinajstić information content (AvgIpc) is 2.96. The van der Waals surface area contributed by atoms with Crippen LogP contribution < -0.4 is 10.1 Å². The maximum Gasteiger partial charge on any atom is 0.260 e. The topological polar surface area (TPSA) is 62.9 Å². The zero-order valence-electron chi connectivity index (χ0n) is 11.8. The van der Waals surface area contributed by atoms with E-state index in [-0.39, 0.29) is 18.0 Å². The molecule has 0 saturated carbocycles. The van der Waals surface area contributed by atoms with Crippen molar-refractivity contribution in [3.05, 3.63) is 41.6 Å². The van der Waals surface area contributed by atoms with Gasteiger partial charge >= 0.3 is 0 Å². The first-order chi connectivity index (χ1) is 10.6. The summed E-state index contributed by atoms with van der Waals surface area (Å²) in [5.74, 6) is 0.999. The van der Waals surface area contributed by atoms with Crippen molar-refractivity contribution in [3.8, 4) is 11.8 Å². The van der Waals surface area contributed by atoms with Crippen LogP contribution in [0.5, 0.6) is 5.75 Å². The molecule has 0 spiro atoms. The molecule has 0 saturated heterocycles. The SMILES string of the molecule is COc1cccc([C@H]2C[C@@H](C(F)F)n3ncc(C#N)c3N2)c1. The van der Waals surface area contributed by atoms with E-state index < -0.39 is 12.5 Å². The Bertz CT molecular complexity index is 723. The predicted molar refractivity (Wildman–Crippen MR) is 76.0 cm³/mol. The van der Waals surface area contributed by atoms with Crippen molar-refractivity contribution in [2.75, 3.05) is 12.4 Å². The number of anilines is 1. The minimum Gasteiger partial charge on any atom is -0.497 e. The average molecular weight is 304 g/mol. The van der Waals surface area contributed by atoms with E-state index >= 15 is 0 Å². The minimum absolute atomic E-state index is 0.185. The van der Waals surface area contributed by atoms with Crippen molar-refractivity contribution in [2.45, 2.75) is 24.9 Å². The lowest BCUT2D eigenvalue weighted by Gasteiger charge is -2.32. The normalized spacial score (nSPS) is 20.1. The van der Waals surface area contributed by atoms with Crippen LogP contribution in [-0.2, 0) is 0 Å². The van der Waals surface area contributed by atoms with Crippen molar-refractivity contribution < 1.29 is 13.5 Å². The van der Waals surface area contributed by atoms with Crippen molar-refractivity contribution in [2.24, 2.45) is 0 Å². The number of methoxy groups -OCH3 is 1. The fourth-order valence-electron chi connectivity index (χ4n) is 2.69. The highest BCUT2D eigenvalue weighted by Crippen LogP contribution is 2.39. The number of ether oxygens (including phenoxy) is 1. The summed E-state index contributed by atoms with van der Waals surface area (Å²) in [6, 6.07) is 7.84. The molecule has 1 aromatic heterocycles. The molecule has 1 N–H and O–H groups in total. The predicted octanol–water partition coefficient (Wildman–Crippen LogP) is 3.13. The third-order valence-corrected chi connectivity index (χ3v) is 3.81. The monoisotopic (exact) mass is 304 g/mol. The molecule has 0 amide bonds. The minimum atomic E-state index is -2.56. The Balaban J connectivity index is 2.00. The fraction of sp³-hybridized carbons (Fsp3) is 0.333. The number of hydrogen-bond acceptors (Lipinski definition) is 4. The number of halogens is 2. The van der Waals surface area contributed by atoms with Crippen LogP contribution >= 0.6 is 0 Å². The molecule has 0 bridgehead atoms. The van der Waals surface area contributed by atoms with Crippen LogP contribution in [-0.4, -0.2) is 23.3 Å². The molecule has 0 unspecified atom stereocenters. The number of benzene rings is 1. The van der Waals surface area contributed by atoms with Gasteiger partial charge in [-0.15, -0.1) is 0 Å². The zero-order chi connectivity index (χ0) is 15.7. The number of aromatic nitrogens is 2. The molecule has 5 nitrogen and oxygen atoms in total. The van der Waals surface area contributed by atoms with Gasteiger partial charge in [-0.05, 0) is 24.1 Å². The lowest BCUT2D eigenvalue weighted by molar-refractivity contribution is 0.0658. The Morgan fingerprint density at radius 3 is 3.00 bits per heavy atom. The number of rotatable bonds is 3. The van der Waals surface area contributed by atoms with Crippen molar-refractivity contribution >= 4 is 5.82 Å². The number of nitrogens with zero attached hydrogens (tertiary/aromatic N) is 3. The van der Waals surface area contributed by atoms with Gasteiger partial charge in [0, 0.05) is 0 Å². The quantitative estimate of drug-likeness (QED) is 0.946. The molecule has 114 valence electrons. The van der Waals surface area contributed by atoms with Gasteiger partial charge in [0.05, 0.1) is 19.3 Å². The summed E-state index contributed by atoms with van der Waals surface area (Å²) in [5.41, 5.74) is 1.10. The lowest BCUT2D eigenvalue weighted by atomic mass is 9.97. The summed E-state index contributed by atoms with van der Waals surface area (Å²) >= 11 is 0. The van der Waals surface area contributed by atoms with Gasteiger partial charge in [0.1, 0.15) is 29.2 Å². The highest BCUT2D eigenvalue weighted by atomic mass is 19.3. The first-order valence-corrected chi connectivity index (χ1v) is 6.80. The first-order valence-electron chi connectivity index (χ1n) is 6.80. The van der Waals surface area contributed by atoms with Gasteiger partial charge in [0.15, 0.2) is 0 Å². The standard InChI is InChI=1S/C15H14F2N4O/c1-22-11-4-2-3-9(5-11)12-6-13(14(16)17)21-15(20-12)10(7-18)8-19-21/h2-5,8,12-14,20H,6H2,1H3/t12-,13+/m1/s1. The van der Waals surface area contributed by atoms with Crippen molar-refractivity contribution in [3.63, 3.8) is 0 Å². The molecule has 0 aliphatic carbocycles. The molecule has 2 heterocycles. The number of alkyl halides is 2. The second-order valence-electron chi connectivity index (χ2n) is 5.07. The Hall–Kier alpha value is -2.62. The van der Waals surface area contributed by atoms with Crippen LogP contribution in [0.25, 0.3) is 0 Å². The summed E-state index contributed by atoms with van der Waals surface area (Å²) in [7, 11) is 1.55. The molecule has 0 fully saturated rings. The molecule has 22 heavy (non-hydrogen) atoms. The third kappa shape index (κ3) is 2.37. The molecule has 7 heteroatoms. The Kier molecular flexibility index (Phi) is 3.67. The number of fused-ring (bicyclic) bond motifs is 1. The van der Waals surface area contributed by atoms with Gasteiger partial charge in [-0.2, -0.15) is 10.4 Å². The largest absolute Gasteiger partial charge is 0.497 e. The van der Waals surface area contributed by atoms with E-state index in [0.29, 0.717) is 11.6 Å². The van der Waals surface area contributed by atoms with E-state index in [0.717, 1.165) is 5.56 Å². The highest BCUT2D eigenvalue weighted by molar-refractivity contribution is 5.54. The number of hydrogen-bond donors (Lipinski definition) is 1. The van der Waals surface area contributed by atoms with E-state index in [2.05, 4.69) is 10.4 Å². The summed E-state index contributed by atoms with van der Waals surface area (Å²) in [6.45, 7) is 0. The highest BCUT2D eigenvalue weighted by Gasteiger charge is 2.35. The lowest BCUT2D eigenvalue weighted by Crippen LogP contribution is -2.31. The Morgan fingerprint density at radius 1 is 1.50 bits per heavy atom. The fourth-order valence-corrected chi connectivity index (χ4v) is 2.69. The van der Waals surface area contributed by atoms with E-state index in [1.165, 1.54) is 10.9 Å². The van der Waals surface area contributed by atoms with Crippen LogP contribution in [0.1, 0.15) is 29.6 Å². The van der Waals surface area contributed by atoms with Crippen LogP contribution in [0.15, 0.2) is 30.5 Å². The van der Waals surface area contributed by atoms with Crippen LogP contribution in [0.4, 0.5) is 14.6 Å². The molecule has 1 aromatic carbocycles. The van der Waals surface area contributed by atoms with Gasteiger partial charge in [-0.25, -0.2) is 13.5 Å². The molecule has 2 aromatic rings. The van der Waals surface area contributed by atoms with Gasteiger partial charge in [-0.1, -0.05) is 12.1 Å². The second-order valence-corrected chi connectivity index (χ2v) is 5.07. The summed E-state index contributed by atoms with van der Waals surface area (Å²) in [4.78, 5) is 0. The Morgan fingerprint density at radius 2 is 2.32 bits per heavy atom. The molecular weight excluding hydrogens is 290 g/mol. The van der Waals surface area contributed by atoms with E-state index in [1.807, 2.05) is 18.2 Å². The number of nitriles is 1. The van der Waals surface area contributed by atoms with Gasteiger partial charge in [0.25, 0.3) is 6.43 Å². The molecule has 3 rings (SSSR count). The molecule has 1 aliphatic heterocycles.